The normalized spacial score (nSPS) is 33.5. The molecule has 0 N–H and O–H groups in total. The van der Waals surface area contributed by atoms with Crippen molar-refractivity contribution in [1.82, 2.24) is 0 Å². The van der Waals surface area contributed by atoms with Crippen LogP contribution in [0.5, 0.6) is 0 Å². The molecule has 3 atom stereocenters. The van der Waals surface area contributed by atoms with E-state index in [1.165, 1.54) is 0 Å². The fourth-order valence-electron chi connectivity index (χ4n) is 3.08. The summed E-state index contributed by atoms with van der Waals surface area (Å²) in [6.45, 7) is 4.50. The van der Waals surface area contributed by atoms with E-state index < -0.39 is 11.1 Å². The number of benzene rings is 1. The van der Waals surface area contributed by atoms with Crippen LogP contribution in [0.3, 0.4) is 0 Å². The minimum atomic E-state index is -1.18. The SMILES string of the molecule is CCCCO[C@H]1C[C@]2(C)OC(=O)[C@@]1(c1ccccc1)N=C2Cl. The lowest BCUT2D eigenvalue weighted by Gasteiger charge is -2.50. The Kier molecular flexibility index (Phi) is 4.00. The van der Waals surface area contributed by atoms with Crippen LogP contribution >= 0.6 is 11.6 Å². The van der Waals surface area contributed by atoms with Gasteiger partial charge in [0, 0.05) is 13.0 Å². The molecule has 22 heavy (non-hydrogen) atoms. The van der Waals surface area contributed by atoms with Crippen LogP contribution in [0.1, 0.15) is 38.7 Å². The molecule has 1 aromatic carbocycles. The lowest BCUT2D eigenvalue weighted by Crippen LogP contribution is -2.64. The van der Waals surface area contributed by atoms with Gasteiger partial charge in [-0.3, -0.25) is 0 Å². The first-order valence-electron chi connectivity index (χ1n) is 7.69. The number of hydrogen-bond acceptors (Lipinski definition) is 4. The maximum absolute atomic E-state index is 12.7. The smallest absolute Gasteiger partial charge is 0.342 e. The fraction of sp³-hybridized carbons (Fsp3) is 0.529. The molecule has 5 heteroatoms. The van der Waals surface area contributed by atoms with E-state index in [9.17, 15) is 4.79 Å². The highest BCUT2D eigenvalue weighted by Crippen LogP contribution is 2.49. The van der Waals surface area contributed by atoms with E-state index in [1.807, 2.05) is 30.3 Å². The number of carbonyl (C=O) groups excluding carboxylic acids is 1. The molecule has 0 spiro atoms. The Morgan fingerprint density at radius 2 is 2.14 bits per heavy atom. The van der Waals surface area contributed by atoms with Crippen LogP contribution in [0.15, 0.2) is 35.3 Å². The summed E-state index contributed by atoms with van der Waals surface area (Å²) in [5.74, 6) is -0.377. The number of fused-ring (bicyclic) bond motifs is 2. The van der Waals surface area contributed by atoms with Gasteiger partial charge >= 0.3 is 5.97 Å². The fourth-order valence-corrected chi connectivity index (χ4v) is 3.33. The van der Waals surface area contributed by atoms with Crippen LogP contribution in [-0.2, 0) is 19.8 Å². The van der Waals surface area contributed by atoms with Gasteiger partial charge in [-0.1, -0.05) is 55.3 Å². The van der Waals surface area contributed by atoms with E-state index in [1.54, 1.807) is 6.92 Å². The van der Waals surface area contributed by atoms with Gasteiger partial charge in [0.15, 0.2) is 5.60 Å². The first-order valence-corrected chi connectivity index (χ1v) is 8.07. The van der Waals surface area contributed by atoms with Crippen LogP contribution < -0.4 is 0 Å². The van der Waals surface area contributed by atoms with Crippen LogP contribution in [0.25, 0.3) is 0 Å². The van der Waals surface area contributed by atoms with Gasteiger partial charge in [0.2, 0.25) is 5.54 Å². The van der Waals surface area contributed by atoms with Crippen LogP contribution in [0, 0.1) is 0 Å². The monoisotopic (exact) mass is 321 g/mol. The Balaban J connectivity index is 2.05. The van der Waals surface area contributed by atoms with Gasteiger partial charge in [-0.15, -0.1) is 0 Å². The predicted molar refractivity (Wildman–Crippen MR) is 85.2 cm³/mol. The first kappa shape index (κ1) is 15.5. The molecule has 1 saturated heterocycles. The number of ether oxygens (including phenoxy) is 2. The molecule has 2 bridgehead atoms. The summed E-state index contributed by atoms with van der Waals surface area (Å²) in [7, 11) is 0. The molecule has 3 aliphatic rings. The number of hydrogen-bond donors (Lipinski definition) is 0. The van der Waals surface area contributed by atoms with Crippen molar-refractivity contribution in [2.45, 2.75) is 50.4 Å². The molecule has 0 radical (unpaired) electrons. The Labute approximate surface area is 135 Å². The third kappa shape index (κ3) is 2.25. The second-order valence-electron chi connectivity index (χ2n) is 6.07. The summed E-state index contributed by atoms with van der Waals surface area (Å²) < 4.78 is 11.6. The number of unbranched alkanes of at least 4 members (excludes halogenated alkanes) is 1. The molecule has 3 aliphatic heterocycles. The molecular weight excluding hydrogens is 302 g/mol. The van der Waals surface area contributed by atoms with E-state index in [0.717, 1.165) is 18.4 Å². The largest absolute Gasteiger partial charge is 0.450 e. The zero-order chi connectivity index (χ0) is 15.8. The van der Waals surface area contributed by atoms with Gasteiger partial charge in [0.25, 0.3) is 0 Å². The molecule has 0 aromatic heterocycles. The van der Waals surface area contributed by atoms with Crippen molar-refractivity contribution in [2.75, 3.05) is 6.61 Å². The summed E-state index contributed by atoms with van der Waals surface area (Å²) in [5, 5.41) is 0.339. The second-order valence-corrected chi connectivity index (χ2v) is 6.43. The highest BCUT2D eigenvalue weighted by atomic mass is 35.5. The highest BCUT2D eigenvalue weighted by molar-refractivity contribution is 6.67. The third-order valence-electron chi connectivity index (χ3n) is 4.41. The Morgan fingerprint density at radius 3 is 2.82 bits per heavy atom. The third-order valence-corrected chi connectivity index (χ3v) is 4.90. The van der Waals surface area contributed by atoms with Gasteiger partial charge in [-0.25, -0.2) is 9.79 Å². The van der Waals surface area contributed by atoms with E-state index in [0.29, 0.717) is 18.2 Å². The number of rotatable bonds is 5. The van der Waals surface area contributed by atoms with Gasteiger partial charge < -0.3 is 9.47 Å². The molecule has 0 saturated carbocycles. The van der Waals surface area contributed by atoms with E-state index >= 15 is 0 Å². The maximum atomic E-state index is 12.7. The summed E-state index contributed by atoms with van der Waals surface area (Å²) in [6, 6.07) is 9.41. The van der Waals surface area contributed by atoms with E-state index in [-0.39, 0.29) is 12.1 Å². The second kappa shape index (κ2) is 5.67. The average Bonchev–Trinajstić information content (AvgIpc) is 2.50. The lowest BCUT2D eigenvalue weighted by atomic mass is 9.74. The molecule has 1 aromatic rings. The van der Waals surface area contributed by atoms with Gasteiger partial charge in [-0.2, -0.15) is 0 Å². The molecular formula is C17H20ClNO3. The number of carbonyl (C=O) groups is 1. The molecule has 0 amide bonds. The van der Waals surface area contributed by atoms with Crippen molar-refractivity contribution in [2.24, 2.45) is 4.99 Å². The molecule has 3 heterocycles. The van der Waals surface area contributed by atoms with Gasteiger partial charge in [0.1, 0.15) is 11.3 Å². The maximum Gasteiger partial charge on any atom is 0.342 e. The average molecular weight is 322 g/mol. The van der Waals surface area contributed by atoms with Gasteiger partial charge in [0.05, 0.1) is 0 Å². The first-order chi connectivity index (χ1) is 10.5. The van der Waals surface area contributed by atoms with Crippen molar-refractivity contribution >= 4 is 22.7 Å². The van der Waals surface area contributed by atoms with Crippen molar-refractivity contribution in [3.05, 3.63) is 35.9 Å². The van der Waals surface area contributed by atoms with Crippen molar-refractivity contribution in [3.63, 3.8) is 0 Å². The predicted octanol–water partition coefficient (Wildman–Crippen LogP) is 3.42. The van der Waals surface area contributed by atoms with Crippen LogP contribution in [-0.4, -0.2) is 29.5 Å². The van der Waals surface area contributed by atoms with Crippen LogP contribution in [0.4, 0.5) is 0 Å². The van der Waals surface area contributed by atoms with E-state index in [2.05, 4.69) is 11.9 Å². The van der Waals surface area contributed by atoms with Crippen molar-refractivity contribution < 1.29 is 14.3 Å². The number of nitrogens with zero attached hydrogens (tertiary/aromatic N) is 1. The quantitative estimate of drug-likeness (QED) is 0.616. The molecule has 4 nitrogen and oxygen atoms in total. The van der Waals surface area contributed by atoms with Gasteiger partial charge in [-0.05, 0) is 18.9 Å². The summed E-state index contributed by atoms with van der Waals surface area (Å²) in [6.07, 6.45) is 2.16. The summed E-state index contributed by atoms with van der Waals surface area (Å²) in [5.41, 5.74) is -1.28. The Morgan fingerprint density at radius 1 is 1.41 bits per heavy atom. The zero-order valence-corrected chi connectivity index (χ0v) is 13.6. The molecule has 118 valence electrons. The molecule has 4 rings (SSSR count). The summed E-state index contributed by atoms with van der Waals surface area (Å²) in [4.78, 5) is 17.3. The van der Waals surface area contributed by atoms with E-state index in [4.69, 9.17) is 21.1 Å². The van der Waals surface area contributed by atoms with Crippen molar-refractivity contribution in [3.8, 4) is 0 Å². The molecule has 0 unspecified atom stereocenters. The number of esters is 1. The zero-order valence-electron chi connectivity index (χ0n) is 12.8. The Hall–Kier alpha value is -1.39. The van der Waals surface area contributed by atoms with Crippen LogP contribution in [0.2, 0.25) is 0 Å². The highest BCUT2D eigenvalue weighted by Gasteiger charge is 2.63. The Bertz CT molecular complexity index is 603. The molecule has 0 aliphatic carbocycles. The molecule has 1 fully saturated rings. The van der Waals surface area contributed by atoms with Crippen molar-refractivity contribution in [1.29, 1.82) is 0 Å². The minimum Gasteiger partial charge on any atom is -0.450 e. The number of aliphatic imine (C=N–C) groups is 1. The lowest BCUT2D eigenvalue weighted by molar-refractivity contribution is -0.188. The standard InChI is InChI=1S/C17H20ClNO3/c1-3-4-10-21-13-11-16(2)14(18)19-17(13,15(20)22-16)12-8-6-5-7-9-12/h5-9,13H,3-4,10-11H2,1-2H3/t13-,16-,17-/m0/s1. The topological polar surface area (TPSA) is 47.9 Å². The number of halogens is 1. The minimum absolute atomic E-state index is 0.339. The summed E-state index contributed by atoms with van der Waals surface area (Å²) >= 11 is 6.30.